The molecule has 0 radical (unpaired) electrons. The quantitative estimate of drug-likeness (QED) is 0.347. The second-order valence-corrected chi connectivity index (χ2v) is 8.20. The van der Waals surface area contributed by atoms with Crippen LogP contribution >= 0.6 is 0 Å². The first kappa shape index (κ1) is 25.1. The minimum atomic E-state index is -3.69. The Morgan fingerprint density at radius 1 is 0.696 bits per heavy atom. The highest BCUT2D eigenvalue weighted by Gasteiger charge is 2.00. The predicted molar refractivity (Wildman–Crippen MR) is 102 cm³/mol. The molecule has 0 atom stereocenters. The lowest BCUT2D eigenvalue weighted by Crippen LogP contribution is -2.12. The van der Waals surface area contributed by atoms with E-state index in [4.69, 9.17) is 4.55 Å². The van der Waals surface area contributed by atoms with Gasteiger partial charge in [-0.15, -0.1) is 0 Å². The van der Waals surface area contributed by atoms with Crippen molar-refractivity contribution in [3.63, 3.8) is 0 Å². The largest absolute Gasteiger partial charge is 0.309 e. The first-order chi connectivity index (χ1) is 10.8. The molecule has 0 heterocycles. The lowest BCUT2D eigenvalue weighted by molar-refractivity contribution is 0.389. The Balaban J connectivity index is 0. The van der Waals surface area contributed by atoms with E-state index in [9.17, 15) is 8.42 Å². The van der Waals surface area contributed by atoms with Crippen LogP contribution < -0.4 is 0 Å². The van der Waals surface area contributed by atoms with E-state index in [1.807, 2.05) is 6.92 Å². The van der Waals surface area contributed by atoms with Gasteiger partial charge in [0.05, 0.1) is 5.75 Å². The summed E-state index contributed by atoms with van der Waals surface area (Å²) >= 11 is 0. The molecule has 142 valence electrons. The van der Waals surface area contributed by atoms with Crippen molar-refractivity contribution < 1.29 is 13.0 Å². The van der Waals surface area contributed by atoms with Crippen LogP contribution in [-0.4, -0.2) is 44.3 Å². The van der Waals surface area contributed by atoms with Gasteiger partial charge in [0.15, 0.2) is 0 Å². The summed E-state index contributed by atoms with van der Waals surface area (Å²) in [6, 6.07) is 0. The molecular formula is C18H41NO3S. The molecule has 4 nitrogen and oxygen atoms in total. The fraction of sp³-hybridized carbons (Fsp3) is 1.00. The maximum Gasteiger partial charge on any atom is 0.264 e. The van der Waals surface area contributed by atoms with Gasteiger partial charge in [-0.2, -0.15) is 8.42 Å². The molecule has 0 spiro atoms. The summed E-state index contributed by atoms with van der Waals surface area (Å²) in [5, 5.41) is 0. The molecule has 0 aliphatic heterocycles. The molecule has 0 aromatic carbocycles. The summed E-state index contributed by atoms with van der Waals surface area (Å²) in [5.74, 6) is -0.108. The minimum absolute atomic E-state index is 0.108. The molecule has 0 unspecified atom stereocenters. The second kappa shape index (κ2) is 18.2. The fourth-order valence-corrected chi connectivity index (χ4v) is 2.90. The molecule has 23 heavy (non-hydrogen) atoms. The van der Waals surface area contributed by atoms with Crippen molar-refractivity contribution in [1.29, 1.82) is 0 Å². The summed E-state index contributed by atoms with van der Waals surface area (Å²) in [6.45, 7) is 5.41. The molecule has 0 bridgehead atoms. The number of hydrogen-bond donors (Lipinski definition) is 1. The van der Waals surface area contributed by atoms with Gasteiger partial charge in [0.25, 0.3) is 10.1 Å². The van der Waals surface area contributed by atoms with Crippen LogP contribution in [-0.2, 0) is 10.1 Å². The van der Waals surface area contributed by atoms with Crippen molar-refractivity contribution >= 4 is 10.1 Å². The monoisotopic (exact) mass is 351 g/mol. The molecule has 0 rings (SSSR count). The Kier molecular flexibility index (Phi) is 19.9. The summed E-state index contributed by atoms with van der Waals surface area (Å²) in [5.41, 5.74) is 0. The maximum absolute atomic E-state index is 9.95. The molecule has 0 fully saturated rings. The van der Waals surface area contributed by atoms with Crippen molar-refractivity contribution in [3.05, 3.63) is 0 Å². The summed E-state index contributed by atoms with van der Waals surface area (Å²) in [7, 11) is 0.635. The van der Waals surface area contributed by atoms with E-state index >= 15 is 0 Å². The molecular weight excluding hydrogens is 310 g/mol. The van der Waals surface area contributed by atoms with E-state index in [-0.39, 0.29) is 5.75 Å². The van der Waals surface area contributed by atoms with Gasteiger partial charge in [-0.25, -0.2) is 0 Å². The SMILES string of the molecule is CCCCCCCCCCCCN(C)C.CCCCS(=O)(=O)O. The third-order valence-corrected chi connectivity index (χ3v) is 4.52. The first-order valence-corrected chi connectivity index (χ1v) is 11.0. The third-order valence-electron chi connectivity index (χ3n) is 3.71. The first-order valence-electron chi connectivity index (χ1n) is 9.43. The molecule has 0 saturated carbocycles. The number of unbranched alkanes of at least 4 members (excludes halogenated alkanes) is 10. The minimum Gasteiger partial charge on any atom is -0.309 e. The van der Waals surface area contributed by atoms with Crippen LogP contribution in [0.5, 0.6) is 0 Å². The van der Waals surface area contributed by atoms with Gasteiger partial charge in [-0.1, -0.05) is 78.1 Å². The number of hydrogen-bond acceptors (Lipinski definition) is 3. The van der Waals surface area contributed by atoms with Crippen molar-refractivity contribution in [1.82, 2.24) is 4.90 Å². The second-order valence-electron chi connectivity index (χ2n) is 6.62. The summed E-state index contributed by atoms with van der Waals surface area (Å²) in [6.07, 6.45) is 15.7. The third kappa shape index (κ3) is 30.3. The van der Waals surface area contributed by atoms with E-state index < -0.39 is 10.1 Å². The van der Waals surface area contributed by atoms with Crippen LogP contribution in [0.25, 0.3) is 0 Å². The van der Waals surface area contributed by atoms with Crippen molar-refractivity contribution in [2.45, 2.75) is 90.9 Å². The van der Waals surface area contributed by atoms with Crippen LogP contribution in [0, 0.1) is 0 Å². The zero-order valence-electron chi connectivity index (χ0n) is 16.0. The van der Waals surface area contributed by atoms with Crippen molar-refractivity contribution in [2.75, 3.05) is 26.4 Å². The Bertz CT molecular complexity index is 316. The standard InChI is InChI=1S/C14H31N.C4H10O3S/c1-4-5-6-7-8-9-10-11-12-13-14-15(2)3;1-2-3-4-8(5,6)7/h4-14H2,1-3H3;2-4H2,1H3,(H,5,6,7). The highest BCUT2D eigenvalue weighted by Crippen LogP contribution is 2.10. The molecule has 0 amide bonds. The van der Waals surface area contributed by atoms with Crippen LogP contribution in [0.3, 0.4) is 0 Å². The van der Waals surface area contributed by atoms with Gasteiger partial charge in [0.2, 0.25) is 0 Å². The summed E-state index contributed by atoms with van der Waals surface area (Å²) < 4.78 is 28.0. The number of nitrogens with zero attached hydrogens (tertiary/aromatic N) is 1. The smallest absolute Gasteiger partial charge is 0.264 e. The fourth-order valence-electron chi connectivity index (χ4n) is 2.24. The maximum atomic E-state index is 9.95. The van der Waals surface area contributed by atoms with Crippen LogP contribution in [0.1, 0.15) is 90.9 Å². The summed E-state index contributed by atoms with van der Waals surface area (Å²) in [4.78, 5) is 2.28. The van der Waals surface area contributed by atoms with Gasteiger partial charge in [-0.3, -0.25) is 4.55 Å². The Labute approximate surface area is 145 Å². The van der Waals surface area contributed by atoms with Crippen LogP contribution in [0.2, 0.25) is 0 Å². The Morgan fingerprint density at radius 2 is 1.09 bits per heavy atom. The van der Waals surface area contributed by atoms with E-state index in [2.05, 4.69) is 25.9 Å². The highest BCUT2D eigenvalue weighted by molar-refractivity contribution is 7.85. The normalized spacial score (nSPS) is 11.4. The van der Waals surface area contributed by atoms with Gasteiger partial charge in [0.1, 0.15) is 0 Å². The molecule has 0 aromatic rings. The molecule has 0 aromatic heterocycles. The van der Waals surface area contributed by atoms with Gasteiger partial charge in [0, 0.05) is 0 Å². The Hall–Kier alpha value is -0.130. The average Bonchev–Trinajstić information content (AvgIpc) is 2.47. The molecule has 0 aliphatic carbocycles. The van der Waals surface area contributed by atoms with Crippen molar-refractivity contribution in [2.24, 2.45) is 0 Å². The van der Waals surface area contributed by atoms with Gasteiger partial charge in [-0.05, 0) is 33.5 Å². The van der Waals surface area contributed by atoms with Crippen molar-refractivity contribution in [3.8, 4) is 0 Å². The molecule has 0 aliphatic rings. The van der Waals surface area contributed by atoms with Gasteiger partial charge >= 0.3 is 0 Å². The lowest BCUT2D eigenvalue weighted by atomic mass is 10.1. The zero-order valence-corrected chi connectivity index (χ0v) is 16.8. The topological polar surface area (TPSA) is 57.6 Å². The van der Waals surface area contributed by atoms with Crippen LogP contribution in [0.4, 0.5) is 0 Å². The molecule has 0 saturated heterocycles. The average molecular weight is 352 g/mol. The zero-order chi connectivity index (χ0) is 18.0. The van der Waals surface area contributed by atoms with Crippen LogP contribution in [0.15, 0.2) is 0 Å². The lowest BCUT2D eigenvalue weighted by Gasteiger charge is -2.08. The van der Waals surface area contributed by atoms with E-state index in [1.54, 1.807) is 0 Å². The van der Waals surface area contributed by atoms with E-state index in [0.29, 0.717) is 6.42 Å². The molecule has 5 heteroatoms. The van der Waals surface area contributed by atoms with Gasteiger partial charge < -0.3 is 4.90 Å². The van der Waals surface area contributed by atoms with E-state index in [0.717, 1.165) is 6.42 Å². The number of rotatable bonds is 14. The van der Waals surface area contributed by atoms with E-state index in [1.165, 1.54) is 70.8 Å². The molecule has 1 N–H and O–H groups in total. The predicted octanol–water partition coefficient (Wildman–Crippen LogP) is 5.14. The highest BCUT2D eigenvalue weighted by atomic mass is 32.2. The Morgan fingerprint density at radius 3 is 1.39 bits per heavy atom.